The van der Waals surface area contributed by atoms with Gasteiger partial charge >= 0.3 is 0 Å². The molecule has 28 heavy (non-hydrogen) atoms. The molecule has 5 nitrogen and oxygen atoms in total. The molecule has 1 N–H and O–H groups in total. The van der Waals surface area contributed by atoms with E-state index < -0.39 is 10.8 Å². The number of hydrogen-bond acceptors (Lipinski definition) is 4. The number of rotatable bonds is 7. The highest BCUT2D eigenvalue weighted by Gasteiger charge is 2.25. The normalized spacial score (nSPS) is 17.1. The molecule has 1 fully saturated rings. The lowest BCUT2D eigenvalue weighted by molar-refractivity contribution is 0.0162. The molecule has 1 amide bonds. The number of amides is 1. The lowest BCUT2D eigenvalue weighted by atomic mass is 10.0. The third-order valence-corrected chi connectivity index (χ3v) is 5.85. The molecule has 0 aliphatic carbocycles. The van der Waals surface area contributed by atoms with E-state index in [0.29, 0.717) is 36.1 Å². The summed E-state index contributed by atoms with van der Waals surface area (Å²) in [6.07, 6.45) is 1.66. The fourth-order valence-corrected chi connectivity index (χ4v) is 4.31. The van der Waals surface area contributed by atoms with E-state index in [1.54, 1.807) is 18.4 Å². The summed E-state index contributed by atoms with van der Waals surface area (Å²) < 4.78 is 16.9. The molecule has 0 unspecified atom stereocenters. The van der Waals surface area contributed by atoms with Crippen LogP contribution in [0.25, 0.3) is 0 Å². The van der Waals surface area contributed by atoms with Gasteiger partial charge in [-0.15, -0.1) is 0 Å². The minimum Gasteiger partial charge on any atom is -0.379 e. The van der Waals surface area contributed by atoms with Crippen LogP contribution < -0.4 is 5.32 Å². The predicted molar refractivity (Wildman–Crippen MR) is 113 cm³/mol. The summed E-state index contributed by atoms with van der Waals surface area (Å²) in [5, 5.41) is 3.74. The summed E-state index contributed by atoms with van der Waals surface area (Å²) in [5.74, 6) is 0.297. The number of nitrogens with zero attached hydrogens (tertiary/aromatic N) is 1. The van der Waals surface area contributed by atoms with Gasteiger partial charge in [-0.25, -0.2) is 0 Å². The lowest BCUT2D eigenvalue weighted by Crippen LogP contribution is -2.44. The van der Waals surface area contributed by atoms with Crippen LogP contribution >= 0.6 is 11.6 Å². The number of morpholine rings is 1. The first-order chi connectivity index (χ1) is 13.5. The predicted octanol–water partition coefficient (Wildman–Crippen LogP) is 3.02. The van der Waals surface area contributed by atoms with Crippen molar-refractivity contribution in [2.45, 2.75) is 11.8 Å². The Bertz CT molecular complexity index is 840. The highest BCUT2D eigenvalue weighted by molar-refractivity contribution is 7.83. The Morgan fingerprint density at radius 3 is 2.68 bits per heavy atom. The molecule has 0 saturated carbocycles. The van der Waals surface area contributed by atoms with E-state index in [-0.39, 0.29) is 11.9 Å². The quantitative estimate of drug-likeness (QED) is 0.748. The molecular weight excluding hydrogens is 396 g/mol. The van der Waals surface area contributed by atoms with Crippen LogP contribution in [0.15, 0.2) is 48.5 Å². The number of nitrogens with one attached hydrogen (secondary N) is 1. The van der Waals surface area contributed by atoms with E-state index >= 15 is 0 Å². The van der Waals surface area contributed by atoms with Crippen LogP contribution in [0.4, 0.5) is 0 Å². The Balaban J connectivity index is 1.73. The maximum atomic E-state index is 12.7. The van der Waals surface area contributed by atoms with E-state index in [1.807, 2.05) is 36.4 Å². The zero-order valence-corrected chi connectivity index (χ0v) is 17.5. The monoisotopic (exact) mass is 420 g/mol. The fourth-order valence-electron chi connectivity index (χ4n) is 3.40. The van der Waals surface area contributed by atoms with E-state index in [2.05, 4.69) is 10.2 Å². The van der Waals surface area contributed by atoms with Crippen LogP contribution in [-0.2, 0) is 21.3 Å². The minimum absolute atomic E-state index is 0.0205. The summed E-state index contributed by atoms with van der Waals surface area (Å²) in [4.78, 5) is 15.0. The van der Waals surface area contributed by atoms with Gasteiger partial charge in [-0.05, 0) is 29.3 Å². The van der Waals surface area contributed by atoms with Gasteiger partial charge in [0.15, 0.2) is 0 Å². The first-order valence-electron chi connectivity index (χ1n) is 9.28. The second-order valence-electron chi connectivity index (χ2n) is 6.81. The zero-order chi connectivity index (χ0) is 19.9. The van der Waals surface area contributed by atoms with E-state index in [9.17, 15) is 9.00 Å². The van der Waals surface area contributed by atoms with E-state index in [0.717, 1.165) is 24.2 Å². The van der Waals surface area contributed by atoms with E-state index in [1.165, 1.54) is 0 Å². The zero-order valence-electron chi connectivity index (χ0n) is 15.9. The Labute approximate surface area is 173 Å². The Morgan fingerprint density at radius 2 is 1.96 bits per heavy atom. The number of halogens is 1. The second kappa shape index (κ2) is 10.2. The molecule has 1 aliphatic heterocycles. The minimum atomic E-state index is -0.945. The van der Waals surface area contributed by atoms with Gasteiger partial charge in [-0.1, -0.05) is 41.9 Å². The Hall–Kier alpha value is -1.73. The molecule has 2 aromatic carbocycles. The third-order valence-electron chi connectivity index (χ3n) is 4.77. The third kappa shape index (κ3) is 5.64. The molecule has 0 bridgehead atoms. The van der Waals surface area contributed by atoms with Crippen molar-refractivity contribution in [1.82, 2.24) is 10.2 Å². The smallest absolute Gasteiger partial charge is 0.251 e. The van der Waals surface area contributed by atoms with Crippen LogP contribution in [0.1, 0.15) is 27.5 Å². The Kier molecular flexibility index (Phi) is 7.62. The van der Waals surface area contributed by atoms with Gasteiger partial charge in [-0.3, -0.25) is 13.9 Å². The molecule has 0 spiro atoms. The van der Waals surface area contributed by atoms with Crippen molar-refractivity contribution in [3.63, 3.8) is 0 Å². The number of carbonyl (C=O) groups excluding carboxylic acids is 1. The van der Waals surface area contributed by atoms with Crippen molar-refractivity contribution >= 4 is 28.3 Å². The highest BCUT2D eigenvalue weighted by atomic mass is 35.5. The summed E-state index contributed by atoms with van der Waals surface area (Å²) in [6.45, 7) is 3.38. The number of hydrogen-bond donors (Lipinski definition) is 1. The van der Waals surface area contributed by atoms with Gasteiger partial charge in [0, 0.05) is 53.0 Å². The first-order valence-corrected chi connectivity index (χ1v) is 11.4. The van der Waals surface area contributed by atoms with Crippen LogP contribution in [0.3, 0.4) is 0 Å². The van der Waals surface area contributed by atoms with Crippen LogP contribution in [-0.4, -0.2) is 54.1 Å². The molecule has 2 atom stereocenters. The van der Waals surface area contributed by atoms with Gasteiger partial charge in [0.1, 0.15) is 0 Å². The highest BCUT2D eigenvalue weighted by Crippen LogP contribution is 2.27. The summed E-state index contributed by atoms with van der Waals surface area (Å²) >= 11 is 6.44. The maximum absolute atomic E-state index is 12.7. The summed E-state index contributed by atoms with van der Waals surface area (Å²) in [6, 6.07) is 15.0. The topological polar surface area (TPSA) is 58.6 Å². The van der Waals surface area contributed by atoms with Crippen molar-refractivity contribution in [2.24, 2.45) is 0 Å². The molecule has 7 heteroatoms. The molecule has 3 rings (SSSR count). The van der Waals surface area contributed by atoms with Gasteiger partial charge in [0.25, 0.3) is 5.91 Å². The van der Waals surface area contributed by atoms with Crippen molar-refractivity contribution in [1.29, 1.82) is 0 Å². The molecule has 1 heterocycles. The second-order valence-corrected chi connectivity index (χ2v) is 8.66. The average molecular weight is 421 g/mol. The number of benzene rings is 2. The molecule has 1 aliphatic rings. The van der Waals surface area contributed by atoms with Gasteiger partial charge < -0.3 is 10.1 Å². The maximum Gasteiger partial charge on any atom is 0.251 e. The molecule has 2 aromatic rings. The fraction of sp³-hybridized carbons (Fsp3) is 0.381. The molecule has 1 saturated heterocycles. The molecule has 0 aromatic heterocycles. The molecule has 0 radical (unpaired) electrons. The SMILES string of the molecule is C[S@@](=O)Cc1cccc(C(=O)NC[C@H](c2ccccc2Cl)N2CCOCC2)c1. The summed E-state index contributed by atoms with van der Waals surface area (Å²) in [5.41, 5.74) is 2.47. The van der Waals surface area contributed by atoms with Crippen molar-refractivity contribution < 1.29 is 13.7 Å². The van der Waals surface area contributed by atoms with Gasteiger partial charge in [0.2, 0.25) is 0 Å². The first kappa shape index (κ1) is 21.0. The number of ether oxygens (including phenoxy) is 1. The van der Waals surface area contributed by atoms with Crippen molar-refractivity contribution in [2.75, 3.05) is 39.1 Å². The Morgan fingerprint density at radius 1 is 1.21 bits per heavy atom. The number of carbonyl (C=O) groups is 1. The standard InChI is InChI=1S/C21H25ClN2O3S/c1-28(26)15-16-5-4-6-17(13-16)21(25)23-14-20(24-9-11-27-12-10-24)18-7-2-3-8-19(18)22/h2-8,13,20H,9-12,14-15H2,1H3,(H,23,25)/t20-,28-/m1/s1. The van der Waals surface area contributed by atoms with E-state index in [4.69, 9.17) is 16.3 Å². The van der Waals surface area contributed by atoms with Crippen LogP contribution in [0.2, 0.25) is 5.02 Å². The summed E-state index contributed by atoms with van der Waals surface area (Å²) in [7, 11) is -0.945. The molecule has 150 valence electrons. The van der Waals surface area contributed by atoms with Crippen molar-refractivity contribution in [3.05, 3.63) is 70.2 Å². The molecular formula is C21H25ClN2O3S. The van der Waals surface area contributed by atoms with Crippen LogP contribution in [0, 0.1) is 0 Å². The average Bonchev–Trinajstić information content (AvgIpc) is 2.70. The lowest BCUT2D eigenvalue weighted by Gasteiger charge is -2.35. The van der Waals surface area contributed by atoms with Crippen molar-refractivity contribution in [3.8, 4) is 0 Å². The largest absolute Gasteiger partial charge is 0.379 e. The van der Waals surface area contributed by atoms with Crippen LogP contribution in [0.5, 0.6) is 0 Å². The van der Waals surface area contributed by atoms with Gasteiger partial charge in [-0.2, -0.15) is 0 Å². The van der Waals surface area contributed by atoms with Gasteiger partial charge in [0.05, 0.1) is 19.3 Å².